The van der Waals surface area contributed by atoms with E-state index in [1.165, 1.54) is 24.3 Å². The quantitative estimate of drug-likeness (QED) is 0.423. The molecule has 2 heterocycles. The lowest BCUT2D eigenvalue weighted by atomic mass is 9.97. The van der Waals surface area contributed by atoms with Crippen molar-refractivity contribution >= 4 is 23.2 Å². The van der Waals surface area contributed by atoms with Crippen molar-refractivity contribution in [1.29, 1.82) is 0 Å². The molecule has 9 nitrogen and oxygen atoms in total. The molecule has 0 aromatic heterocycles. The lowest BCUT2D eigenvalue weighted by Gasteiger charge is -2.32. The van der Waals surface area contributed by atoms with E-state index in [9.17, 15) is 19.7 Å². The summed E-state index contributed by atoms with van der Waals surface area (Å²) in [6.07, 6.45) is 0.759. The fourth-order valence-electron chi connectivity index (χ4n) is 4.09. The van der Waals surface area contributed by atoms with Crippen molar-refractivity contribution in [2.45, 2.75) is 25.4 Å². The van der Waals surface area contributed by atoms with Gasteiger partial charge >= 0.3 is 0 Å². The van der Waals surface area contributed by atoms with Gasteiger partial charge in [0.1, 0.15) is 0 Å². The van der Waals surface area contributed by atoms with Crippen LogP contribution in [0.3, 0.4) is 0 Å². The number of non-ortho nitro benzene ring substituents is 1. The van der Waals surface area contributed by atoms with Crippen molar-refractivity contribution in [2.24, 2.45) is 0 Å². The number of nitro groups is 1. The average Bonchev–Trinajstić information content (AvgIpc) is 3.06. The Hall–Kier alpha value is -3.46. The van der Waals surface area contributed by atoms with E-state index in [1.807, 2.05) is 17.0 Å². The second-order valence-corrected chi connectivity index (χ2v) is 7.26. The van der Waals surface area contributed by atoms with Gasteiger partial charge in [0.2, 0.25) is 5.91 Å². The number of nitro benzene ring substituents is 1. The number of nitrogens with zero attached hydrogens (tertiary/aromatic N) is 3. The molecule has 2 aromatic carbocycles. The largest absolute Gasteiger partial charge is 0.493 e. The maximum Gasteiger partial charge on any atom is 0.271 e. The predicted molar refractivity (Wildman–Crippen MR) is 108 cm³/mol. The summed E-state index contributed by atoms with van der Waals surface area (Å²) in [6, 6.07) is 8.84. The van der Waals surface area contributed by atoms with Crippen LogP contribution in [0.2, 0.25) is 0 Å². The molecule has 9 heteroatoms. The van der Waals surface area contributed by atoms with Gasteiger partial charge in [-0.2, -0.15) is 0 Å². The second kappa shape index (κ2) is 7.75. The minimum atomic E-state index is -0.599. The standard InChI is InChI=1S/C21H21N3O6/c1-29-18-8-13-6-7-22(12-14(13)9-19(18)30-2)17-11-20(25)23(21(17)26)15-4-3-5-16(10-15)24(27)28/h3-5,8-10,17H,6-7,11-12H2,1-2H3. The average molecular weight is 411 g/mol. The summed E-state index contributed by atoms with van der Waals surface area (Å²) < 4.78 is 10.7. The van der Waals surface area contributed by atoms with Crippen LogP contribution in [0.15, 0.2) is 36.4 Å². The summed E-state index contributed by atoms with van der Waals surface area (Å²) in [5, 5.41) is 11.0. The zero-order valence-corrected chi connectivity index (χ0v) is 16.7. The van der Waals surface area contributed by atoms with E-state index in [-0.39, 0.29) is 29.6 Å². The SMILES string of the molecule is COc1cc2c(cc1OC)CN(C1CC(=O)N(c3cccc([N+](=O)[O-])c3)C1=O)CC2. The van der Waals surface area contributed by atoms with E-state index >= 15 is 0 Å². The molecule has 0 spiro atoms. The fourth-order valence-corrected chi connectivity index (χ4v) is 4.09. The number of carbonyl (C=O) groups excluding carboxylic acids is 2. The minimum absolute atomic E-state index is 0.0458. The highest BCUT2D eigenvalue weighted by atomic mass is 16.6. The van der Waals surface area contributed by atoms with Crippen LogP contribution in [-0.2, 0) is 22.6 Å². The number of methoxy groups -OCH3 is 2. The van der Waals surface area contributed by atoms with E-state index in [0.717, 1.165) is 16.0 Å². The Bertz CT molecular complexity index is 1040. The van der Waals surface area contributed by atoms with E-state index < -0.39 is 11.0 Å². The van der Waals surface area contributed by atoms with Crippen LogP contribution in [0.25, 0.3) is 0 Å². The molecule has 1 atom stereocenters. The maximum absolute atomic E-state index is 13.1. The molecule has 2 aliphatic heterocycles. The lowest BCUT2D eigenvalue weighted by molar-refractivity contribution is -0.384. The zero-order chi connectivity index (χ0) is 21.4. The summed E-state index contributed by atoms with van der Waals surface area (Å²) in [5.41, 5.74) is 2.21. The molecule has 2 aliphatic rings. The van der Waals surface area contributed by atoms with Gasteiger partial charge in [0, 0.05) is 25.2 Å². The van der Waals surface area contributed by atoms with Gasteiger partial charge in [-0.1, -0.05) is 6.07 Å². The van der Waals surface area contributed by atoms with Crippen LogP contribution in [-0.4, -0.2) is 48.4 Å². The smallest absolute Gasteiger partial charge is 0.271 e. The Morgan fingerprint density at radius 2 is 1.77 bits per heavy atom. The highest BCUT2D eigenvalue weighted by Gasteiger charge is 2.43. The topological polar surface area (TPSA) is 102 Å². The summed E-state index contributed by atoms with van der Waals surface area (Å²) in [7, 11) is 3.16. The maximum atomic E-state index is 13.1. The van der Waals surface area contributed by atoms with Gasteiger partial charge in [0.15, 0.2) is 11.5 Å². The molecule has 156 valence electrons. The van der Waals surface area contributed by atoms with Crippen LogP contribution in [0.4, 0.5) is 11.4 Å². The molecule has 4 rings (SSSR count). The summed E-state index contributed by atoms with van der Waals surface area (Å²) in [6.45, 7) is 1.12. The van der Waals surface area contributed by atoms with Gasteiger partial charge in [-0.3, -0.25) is 24.6 Å². The van der Waals surface area contributed by atoms with Gasteiger partial charge in [0.05, 0.1) is 37.3 Å². The molecule has 0 N–H and O–H groups in total. The zero-order valence-electron chi connectivity index (χ0n) is 16.7. The first-order valence-electron chi connectivity index (χ1n) is 9.52. The Balaban J connectivity index is 1.58. The first-order valence-corrected chi connectivity index (χ1v) is 9.52. The Labute approximate surface area is 172 Å². The normalized spacial score (nSPS) is 19.0. The number of ether oxygens (including phenoxy) is 2. The molecule has 0 bridgehead atoms. The van der Waals surface area contributed by atoms with Crippen LogP contribution in [0.5, 0.6) is 11.5 Å². The van der Waals surface area contributed by atoms with Crippen LogP contribution >= 0.6 is 0 Å². The Kier molecular flexibility index (Phi) is 5.13. The number of imide groups is 1. The molecular weight excluding hydrogens is 390 g/mol. The third-order valence-corrected chi connectivity index (χ3v) is 5.61. The monoisotopic (exact) mass is 411 g/mol. The molecule has 30 heavy (non-hydrogen) atoms. The molecule has 1 unspecified atom stereocenters. The number of carbonyl (C=O) groups is 2. The number of amides is 2. The number of anilines is 1. The summed E-state index contributed by atoms with van der Waals surface area (Å²) in [5.74, 6) is 0.562. The third-order valence-electron chi connectivity index (χ3n) is 5.61. The van der Waals surface area contributed by atoms with Crippen molar-refractivity contribution in [3.8, 4) is 11.5 Å². The van der Waals surface area contributed by atoms with Gasteiger partial charge in [-0.05, 0) is 35.7 Å². The molecule has 1 fully saturated rings. The highest BCUT2D eigenvalue weighted by Crippen LogP contribution is 2.35. The molecular formula is C21H21N3O6. The van der Waals surface area contributed by atoms with Crippen LogP contribution in [0, 0.1) is 10.1 Å². The molecule has 2 amide bonds. The summed E-state index contributed by atoms with van der Waals surface area (Å²) >= 11 is 0. The van der Waals surface area contributed by atoms with Gasteiger partial charge in [-0.25, -0.2) is 4.90 Å². The lowest BCUT2D eigenvalue weighted by Crippen LogP contribution is -2.44. The number of hydrogen-bond acceptors (Lipinski definition) is 7. The second-order valence-electron chi connectivity index (χ2n) is 7.26. The molecule has 1 saturated heterocycles. The fraction of sp³-hybridized carbons (Fsp3) is 0.333. The Morgan fingerprint density at radius 3 is 2.43 bits per heavy atom. The van der Waals surface area contributed by atoms with Crippen LogP contribution in [0.1, 0.15) is 17.5 Å². The predicted octanol–water partition coefficient (Wildman–Crippen LogP) is 2.30. The van der Waals surface area contributed by atoms with E-state index in [1.54, 1.807) is 14.2 Å². The number of rotatable bonds is 5. The molecule has 0 saturated carbocycles. The van der Waals surface area contributed by atoms with Crippen molar-refractivity contribution in [1.82, 2.24) is 4.90 Å². The van der Waals surface area contributed by atoms with E-state index in [0.29, 0.717) is 31.0 Å². The van der Waals surface area contributed by atoms with Crippen molar-refractivity contribution in [2.75, 3.05) is 25.7 Å². The van der Waals surface area contributed by atoms with Crippen molar-refractivity contribution < 1.29 is 24.0 Å². The first kappa shape index (κ1) is 19.8. The van der Waals surface area contributed by atoms with Gasteiger partial charge in [-0.15, -0.1) is 0 Å². The van der Waals surface area contributed by atoms with Gasteiger partial charge < -0.3 is 9.47 Å². The number of fused-ring (bicyclic) bond motifs is 1. The van der Waals surface area contributed by atoms with Crippen molar-refractivity contribution in [3.63, 3.8) is 0 Å². The molecule has 0 radical (unpaired) electrons. The van der Waals surface area contributed by atoms with E-state index in [2.05, 4.69) is 0 Å². The summed E-state index contributed by atoms with van der Waals surface area (Å²) in [4.78, 5) is 39.2. The highest BCUT2D eigenvalue weighted by molar-refractivity contribution is 6.22. The van der Waals surface area contributed by atoms with E-state index in [4.69, 9.17) is 9.47 Å². The number of benzene rings is 2. The molecule has 0 aliphatic carbocycles. The van der Waals surface area contributed by atoms with Crippen molar-refractivity contribution in [3.05, 3.63) is 57.6 Å². The van der Waals surface area contributed by atoms with Gasteiger partial charge in [0.25, 0.3) is 11.6 Å². The first-order chi connectivity index (χ1) is 14.4. The van der Waals surface area contributed by atoms with Crippen LogP contribution < -0.4 is 14.4 Å². The number of hydrogen-bond donors (Lipinski definition) is 0. The molecule has 2 aromatic rings. The Morgan fingerprint density at radius 1 is 1.07 bits per heavy atom. The minimum Gasteiger partial charge on any atom is -0.493 e. The third kappa shape index (κ3) is 3.37.